The predicted molar refractivity (Wildman–Crippen MR) is 89.2 cm³/mol. The molecule has 0 saturated carbocycles. The molecule has 4 nitrogen and oxygen atoms in total. The number of fused-ring (bicyclic) bond motifs is 1. The molecule has 124 valence electrons. The van der Waals surface area contributed by atoms with Crippen molar-refractivity contribution in [1.29, 1.82) is 0 Å². The van der Waals surface area contributed by atoms with E-state index in [1.807, 2.05) is 0 Å². The van der Waals surface area contributed by atoms with Crippen molar-refractivity contribution in [1.82, 2.24) is 0 Å². The van der Waals surface area contributed by atoms with Crippen LogP contribution in [0.4, 0.5) is 10.1 Å². The summed E-state index contributed by atoms with van der Waals surface area (Å²) in [7, 11) is 0. The first kappa shape index (κ1) is 16.5. The first-order chi connectivity index (χ1) is 11.3. The van der Waals surface area contributed by atoms with E-state index in [9.17, 15) is 14.0 Å². The molecule has 0 fully saturated rings. The summed E-state index contributed by atoms with van der Waals surface area (Å²) in [4.78, 5) is 26.5. The van der Waals surface area contributed by atoms with Gasteiger partial charge in [-0.05, 0) is 56.3 Å². The van der Waals surface area contributed by atoms with Crippen LogP contribution in [-0.2, 0) is 4.79 Å². The van der Waals surface area contributed by atoms with Crippen LogP contribution in [0.1, 0.15) is 24.2 Å². The van der Waals surface area contributed by atoms with Gasteiger partial charge in [0, 0.05) is 10.6 Å². The molecule has 0 radical (unpaired) electrons. The highest BCUT2D eigenvalue weighted by molar-refractivity contribution is 6.31. The normalized spacial score (nSPS) is 15.7. The zero-order chi connectivity index (χ0) is 17.5. The van der Waals surface area contributed by atoms with Gasteiger partial charge >= 0.3 is 0 Å². The lowest BCUT2D eigenvalue weighted by molar-refractivity contribution is -0.132. The summed E-state index contributed by atoms with van der Waals surface area (Å²) in [6.45, 7) is 3.11. The van der Waals surface area contributed by atoms with Crippen molar-refractivity contribution in [2.45, 2.75) is 19.4 Å². The lowest BCUT2D eigenvalue weighted by Gasteiger charge is -2.38. The molecule has 1 aliphatic rings. The second-order valence-electron chi connectivity index (χ2n) is 6.05. The van der Waals surface area contributed by atoms with Crippen molar-refractivity contribution in [2.24, 2.45) is 0 Å². The fourth-order valence-electron chi connectivity index (χ4n) is 2.57. The van der Waals surface area contributed by atoms with E-state index in [4.69, 9.17) is 16.3 Å². The minimum Gasteiger partial charge on any atom is -0.476 e. The fourth-order valence-corrected chi connectivity index (χ4v) is 2.73. The van der Waals surface area contributed by atoms with Crippen molar-refractivity contribution in [2.75, 3.05) is 11.4 Å². The van der Waals surface area contributed by atoms with Crippen LogP contribution >= 0.6 is 11.6 Å². The maximum atomic E-state index is 13.0. The average molecular weight is 348 g/mol. The van der Waals surface area contributed by atoms with Crippen molar-refractivity contribution in [3.8, 4) is 5.75 Å². The third kappa shape index (κ3) is 2.99. The van der Waals surface area contributed by atoms with Gasteiger partial charge in [-0.3, -0.25) is 14.5 Å². The highest BCUT2D eigenvalue weighted by Gasteiger charge is 2.41. The molecule has 0 atom stereocenters. The number of nitrogens with zero attached hydrogens (tertiary/aromatic N) is 1. The molecule has 0 unspecified atom stereocenters. The molecule has 0 aliphatic carbocycles. The maximum absolute atomic E-state index is 13.0. The predicted octanol–water partition coefficient (Wildman–Crippen LogP) is 3.87. The van der Waals surface area contributed by atoms with E-state index in [1.54, 1.807) is 32.0 Å². The first-order valence-electron chi connectivity index (χ1n) is 7.37. The molecule has 0 saturated heterocycles. The third-order valence-electron chi connectivity index (χ3n) is 3.81. The van der Waals surface area contributed by atoms with E-state index in [1.165, 1.54) is 29.2 Å². The Labute approximate surface area is 143 Å². The van der Waals surface area contributed by atoms with Crippen LogP contribution in [0.25, 0.3) is 0 Å². The maximum Gasteiger partial charge on any atom is 0.271 e. The Kier molecular flexibility index (Phi) is 4.05. The van der Waals surface area contributed by atoms with E-state index >= 15 is 0 Å². The number of amides is 1. The number of benzene rings is 2. The molecule has 3 rings (SSSR count). The number of anilines is 1. The van der Waals surface area contributed by atoms with Crippen molar-refractivity contribution >= 4 is 29.0 Å². The molecule has 1 amide bonds. The summed E-state index contributed by atoms with van der Waals surface area (Å²) in [6.07, 6.45) is 0. The SMILES string of the molecule is CC1(C)Oc2ccc(Cl)cc2N(CC(=O)c2ccc(F)cc2)C1=O. The zero-order valence-electron chi connectivity index (χ0n) is 13.2. The molecule has 0 spiro atoms. The number of ether oxygens (including phenoxy) is 1. The van der Waals surface area contributed by atoms with Gasteiger partial charge in [0.05, 0.1) is 12.2 Å². The van der Waals surface area contributed by atoms with E-state index < -0.39 is 11.4 Å². The molecule has 0 N–H and O–H groups in total. The Hall–Kier alpha value is -2.40. The van der Waals surface area contributed by atoms with E-state index in [0.29, 0.717) is 22.0 Å². The van der Waals surface area contributed by atoms with Gasteiger partial charge in [0.15, 0.2) is 11.4 Å². The Morgan fingerprint density at radius 1 is 1.21 bits per heavy atom. The van der Waals surface area contributed by atoms with Crippen molar-refractivity contribution in [3.63, 3.8) is 0 Å². The van der Waals surface area contributed by atoms with E-state index in [-0.39, 0.29) is 18.2 Å². The average Bonchev–Trinajstić information content (AvgIpc) is 2.53. The molecule has 1 aliphatic heterocycles. The van der Waals surface area contributed by atoms with Gasteiger partial charge in [0.25, 0.3) is 5.91 Å². The monoisotopic (exact) mass is 347 g/mol. The van der Waals surface area contributed by atoms with Crippen LogP contribution in [0, 0.1) is 5.82 Å². The van der Waals surface area contributed by atoms with Gasteiger partial charge in [-0.15, -0.1) is 0 Å². The van der Waals surface area contributed by atoms with Gasteiger partial charge in [0.1, 0.15) is 11.6 Å². The number of hydrogen-bond donors (Lipinski definition) is 0. The Balaban J connectivity index is 1.96. The minimum atomic E-state index is -1.09. The molecule has 2 aromatic carbocycles. The zero-order valence-corrected chi connectivity index (χ0v) is 13.9. The number of ketones is 1. The van der Waals surface area contributed by atoms with Gasteiger partial charge < -0.3 is 4.74 Å². The number of halogens is 2. The smallest absolute Gasteiger partial charge is 0.271 e. The number of Topliss-reactive ketones (excluding diaryl/α,β-unsaturated/α-hetero) is 1. The summed E-state index contributed by atoms with van der Waals surface area (Å²) >= 11 is 6.01. The molecule has 0 bridgehead atoms. The largest absolute Gasteiger partial charge is 0.476 e. The number of hydrogen-bond acceptors (Lipinski definition) is 3. The standard InChI is InChI=1S/C18H15ClFNO3/c1-18(2)17(23)21(14-9-12(19)5-8-16(14)24-18)10-15(22)11-3-6-13(20)7-4-11/h3-9H,10H2,1-2H3. The van der Waals surface area contributed by atoms with Crippen molar-refractivity contribution < 1.29 is 18.7 Å². The highest BCUT2D eigenvalue weighted by atomic mass is 35.5. The lowest BCUT2D eigenvalue weighted by Crippen LogP contribution is -2.53. The van der Waals surface area contributed by atoms with E-state index in [0.717, 1.165) is 0 Å². The Morgan fingerprint density at radius 3 is 2.54 bits per heavy atom. The number of rotatable bonds is 3. The molecular weight excluding hydrogens is 333 g/mol. The summed E-state index contributed by atoms with van der Waals surface area (Å²) < 4.78 is 18.7. The quantitative estimate of drug-likeness (QED) is 0.792. The van der Waals surface area contributed by atoms with Crippen LogP contribution in [0.5, 0.6) is 5.75 Å². The van der Waals surface area contributed by atoms with Crippen LogP contribution in [0.2, 0.25) is 5.02 Å². The Morgan fingerprint density at radius 2 is 1.88 bits per heavy atom. The van der Waals surface area contributed by atoms with Gasteiger partial charge in [0.2, 0.25) is 0 Å². The van der Waals surface area contributed by atoms with Crippen LogP contribution in [-0.4, -0.2) is 23.8 Å². The van der Waals surface area contributed by atoms with Crippen molar-refractivity contribution in [3.05, 3.63) is 58.9 Å². The van der Waals surface area contributed by atoms with Gasteiger partial charge in [-0.1, -0.05) is 11.6 Å². The number of carbonyl (C=O) groups is 2. The lowest BCUT2D eigenvalue weighted by atomic mass is 10.0. The summed E-state index contributed by atoms with van der Waals surface area (Å²) in [5.41, 5.74) is -0.316. The van der Waals surface area contributed by atoms with Gasteiger partial charge in [-0.2, -0.15) is 0 Å². The summed E-state index contributed by atoms with van der Waals surface area (Å²) in [6, 6.07) is 10.1. The molecule has 24 heavy (non-hydrogen) atoms. The summed E-state index contributed by atoms with van der Waals surface area (Å²) in [5.74, 6) is -0.581. The topological polar surface area (TPSA) is 46.6 Å². The minimum absolute atomic E-state index is 0.176. The third-order valence-corrected chi connectivity index (χ3v) is 4.04. The molecule has 0 aromatic heterocycles. The second kappa shape index (κ2) is 5.91. The van der Waals surface area contributed by atoms with E-state index in [2.05, 4.69) is 0 Å². The fraction of sp³-hybridized carbons (Fsp3) is 0.222. The van der Waals surface area contributed by atoms with Crippen LogP contribution in [0.15, 0.2) is 42.5 Å². The molecular formula is C18H15ClFNO3. The second-order valence-corrected chi connectivity index (χ2v) is 6.48. The number of carbonyl (C=O) groups excluding carboxylic acids is 2. The molecule has 2 aromatic rings. The molecule has 1 heterocycles. The van der Waals surface area contributed by atoms with Crippen LogP contribution in [0.3, 0.4) is 0 Å². The highest BCUT2D eigenvalue weighted by Crippen LogP contribution is 2.39. The first-order valence-corrected chi connectivity index (χ1v) is 7.75. The van der Waals surface area contributed by atoms with Crippen LogP contribution < -0.4 is 9.64 Å². The molecule has 6 heteroatoms. The summed E-state index contributed by atoms with van der Waals surface area (Å²) in [5, 5.41) is 0.434. The van der Waals surface area contributed by atoms with Gasteiger partial charge in [-0.25, -0.2) is 4.39 Å². The Bertz CT molecular complexity index is 818.